The van der Waals surface area contributed by atoms with E-state index in [-0.39, 0.29) is 0 Å². The molecule has 0 heterocycles. The minimum atomic E-state index is 0.618. The lowest BCUT2D eigenvalue weighted by Crippen LogP contribution is -2.05. The molecule has 0 unspecified atom stereocenters. The Morgan fingerprint density at radius 3 is 1.88 bits per heavy atom. The molecule has 3 nitrogen and oxygen atoms in total. The van der Waals surface area contributed by atoms with Crippen molar-refractivity contribution in [1.29, 1.82) is 0 Å². The third kappa shape index (κ3) is 2.89. The Balaban J connectivity index is 3.11. The molecule has 2 N–H and O–H groups in total. The van der Waals surface area contributed by atoms with Crippen molar-refractivity contribution in [2.75, 3.05) is 20.8 Å². The number of ether oxygens (including phenoxy) is 2. The summed E-state index contributed by atoms with van der Waals surface area (Å²) < 4.78 is 10.8. The fourth-order valence-electron chi connectivity index (χ4n) is 1.84. The van der Waals surface area contributed by atoms with Gasteiger partial charge in [-0.25, -0.2) is 0 Å². The normalized spacial score (nSPS) is 10.2. The van der Waals surface area contributed by atoms with Gasteiger partial charge in [-0.2, -0.15) is 0 Å². The van der Waals surface area contributed by atoms with Crippen LogP contribution in [0.25, 0.3) is 0 Å². The maximum atomic E-state index is 5.58. The highest BCUT2D eigenvalue weighted by Gasteiger charge is 2.09. The number of methoxy groups -OCH3 is 2. The van der Waals surface area contributed by atoms with Gasteiger partial charge in [0.25, 0.3) is 0 Å². The lowest BCUT2D eigenvalue weighted by atomic mass is 10.1. The van der Waals surface area contributed by atoms with Crippen molar-refractivity contribution in [2.45, 2.75) is 26.2 Å². The second-order valence-electron chi connectivity index (χ2n) is 3.76. The molecule has 90 valence electrons. The molecule has 0 bridgehead atoms. The van der Waals surface area contributed by atoms with Crippen LogP contribution in [0.3, 0.4) is 0 Å². The zero-order valence-electron chi connectivity index (χ0n) is 10.4. The zero-order valence-corrected chi connectivity index (χ0v) is 10.4. The molecule has 0 fully saturated rings. The molecule has 0 spiro atoms. The zero-order chi connectivity index (χ0) is 12.0. The monoisotopic (exact) mass is 224 g/mol. The Labute approximate surface area is 97.6 Å². The number of aryl methyl sites for hydroxylation is 1. The van der Waals surface area contributed by atoms with Crippen LogP contribution in [-0.2, 0) is 12.8 Å². The Kier molecular flexibility index (Phi) is 5.12. The van der Waals surface area contributed by atoms with E-state index in [1.165, 1.54) is 5.56 Å². The fraction of sp³-hybridized carbons (Fsp3) is 0.538. The Morgan fingerprint density at radius 2 is 1.50 bits per heavy atom. The minimum Gasteiger partial charge on any atom is -0.496 e. The highest BCUT2D eigenvalue weighted by Crippen LogP contribution is 2.29. The van der Waals surface area contributed by atoms with Crippen molar-refractivity contribution >= 4 is 0 Å². The van der Waals surface area contributed by atoms with E-state index in [9.17, 15) is 0 Å². The van der Waals surface area contributed by atoms with Gasteiger partial charge in [-0.1, -0.05) is 13.3 Å². The van der Waals surface area contributed by atoms with E-state index in [1.54, 1.807) is 14.2 Å². The van der Waals surface area contributed by atoms with Crippen molar-refractivity contribution in [3.05, 3.63) is 23.3 Å². The van der Waals surface area contributed by atoms with Crippen molar-refractivity contribution in [3.8, 4) is 11.5 Å². The van der Waals surface area contributed by atoms with Gasteiger partial charge in [0, 0.05) is 0 Å². The molecule has 1 aromatic carbocycles. The summed E-state index contributed by atoms with van der Waals surface area (Å²) in [6.45, 7) is 2.77. The van der Waals surface area contributed by atoms with Gasteiger partial charge in [0.1, 0.15) is 11.5 Å². The molecule has 1 aromatic rings. The van der Waals surface area contributed by atoms with Gasteiger partial charge in [-0.3, -0.25) is 0 Å². The first-order chi connectivity index (χ1) is 7.76. The Morgan fingerprint density at radius 1 is 1.00 bits per heavy atom. The van der Waals surface area contributed by atoms with Gasteiger partial charge in [0.15, 0.2) is 0 Å². The summed E-state index contributed by atoms with van der Waals surface area (Å²) in [5.41, 5.74) is 7.89. The molecule has 0 radical (unpaired) electrons. The number of benzene rings is 1. The van der Waals surface area contributed by atoms with Gasteiger partial charge >= 0.3 is 0 Å². The van der Waals surface area contributed by atoms with Gasteiger partial charge < -0.3 is 15.2 Å². The van der Waals surface area contributed by atoms with Gasteiger partial charge in [-0.05, 0) is 42.6 Å². The van der Waals surface area contributed by atoms with Gasteiger partial charge in [-0.15, -0.1) is 0 Å². The molecule has 0 aliphatic rings. The van der Waals surface area contributed by atoms with Gasteiger partial charge in [0.05, 0.1) is 14.2 Å². The third-order valence-corrected chi connectivity index (χ3v) is 2.62. The predicted octanol–water partition coefficient (Wildman–Crippen LogP) is 2.16. The molecule has 0 aromatic heterocycles. The first-order valence-corrected chi connectivity index (χ1v) is 5.70. The number of hydrogen-bond acceptors (Lipinski definition) is 3. The number of nitrogens with two attached hydrogens (primary N) is 1. The lowest BCUT2D eigenvalue weighted by molar-refractivity contribution is 0.394. The Bertz CT molecular complexity index is 303. The molecular weight excluding hydrogens is 203 g/mol. The molecule has 3 heteroatoms. The van der Waals surface area contributed by atoms with Crippen LogP contribution in [0.1, 0.15) is 24.5 Å². The summed E-state index contributed by atoms with van der Waals surface area (Å²) in [5, 5.41) is 0. The van der Waals surface area contributed by atoms with Crippen LogP contribution in [0.2, 0.25) is 0 Å². The van der Waals surface area contributed by atoms with Crippen LogP contribution in [0.4, 0.5) is 0 Å². The van der Waals surface area contributed by atoms with E-state index in [0.717, 1.165) is 36.3 Å². The second-order valence-corrected chi connectivity index (χ2v) is 3.76. The van der Waals surface area contributed by atoms with Crippen LogP contribution in [0.5, 0.6) is 11.5 Å². The quantitative estimate of drug-likeness (QED) is 0.805. The topological polar surface area (TPSA) is 44.5 Å². The minimum absolute atomic E-state index is 0.618. The summed E-state index contributed by atoms with van der Waals surface area (Å²) in [4.78, 5) is 0. The van der Waals surface area contributed by atoms with Crippen LogP contribution >= 0.6 is 0 Å². The molecule has 0 amide bonds. The third-order valence-electron chi connectivity index (χ3n) is 2.62. The maximum Gasteiger partial charge on any atom is 0.122 e. The molecular formula is C13H21NO2. The summed E-state index contributed by atoms with van der Waals surface area (Å²) in [5.74, 6) is 1.85. The SMILES string of the molecule is CCCc1cc(OC)c(CCN)[13cH]c1OC. The molecule has 0 saturated heterocycles. The van der Waals surface area contributed by atoms with Gasteiger partial charge in [0.2, 0.25) is 0 Å². The molecule has 0 saturated carbocycles. The number of rotatable bonds is 6. The number of hydrogen-bond donors (Lipinski definition) is 1. The summed E-state index contributed by atoms with van der Waals surface area (Å²) >= 11 is 0. The predicted molar refractivity (Wildman–Crippen MR) is 66.3 cm³/mol. The molecule has 1 rings (SSSR count). The largest absolute Gasteiger partial charge is 0.496 e. The molecule has 0 atom stereocenters. The van der Waals surface area contributed by atoms with E-state index in [4.69, 9.17) is 15.2 Å². The molecule has 0 aliphatic heterocycles. The van der Waals surface area contributed by atoms with Crippen molar-refractivity contribution in [1.82, 2.24) is 0 Å². The first-order valence-electron chi connectivity index (χ1n) is 5.70. The van der Waals surface area contributed by atoms with E-state index in [2.05, 4.69) is 13.0 Å². The highest BCUT2D eigenvalue weighted by molar-refractivity contribution is 5.46. The lowest BCUT2D eigenvalue weighted by Gasteiger charge is -2.14. The smallest absolute Gasteiger partial charge is 0.122 e. The second kappa shape index (κ2) is 6.38. The van der Waals surface area contributed by atoms with Crippen molar-refractivity contribution in [2.24, 2.45) is 5.73 Å². The van der Waals surface area contributed by atoms with Crippen LogP contribution in [0.15, 0.2) is 12.1 Å². The highest BCUT2D eigenvalue weighted by atomic mass is 16.5. The van der Waals surface area contributed by atoms with E-state index in [1.807, 2.05) is 6.07 Å². The van der Waals surface area contributed by atoms with Crippen LogP contribution in [-0.4, -0.2) is 20.8 Å². The maximum absolute atomic E-state index is 5.58. The summed E-state index contributed by atoms with van der Waals surface area (Å²) in [6.07, 6.45) is 2.91. The fourth-order valence-corrected chi connectivity index (χ4v) is 1.84. The standard InChI is InChI=1S/C13H21NO2/c1-4-5-10-8-13(16-3)11(6-7-14)9-12(10)15-2/h8-9H,4-7,14H2,1-3H3/i9+1. The van der Waals surface area contributed by atoms with Crippen LogP contribution in [0, 0.1) is 0 Å². The van der Waals surface area contributed by atoms with Crippen molar-refractivity contribution in [3.63, 3.8) is 0 Å². The van der Waals surface area contributed by atoms with E-state index < -0.39 is 0 Å². The summed E-state index contributed by atoms with van der Waals surface area (Å²) in [7, 11) is 3.39. The van der Waals surface area contributed by atoms with Crippen molar-refractivity contribution < 1.29 is 9.47 Å². The summed E-state index contributed by atoms with van der Waals surface area (Å²) in [6, 6.07) is 4.10. The first kappa shape index (κ1) is 12.8. The average molecular weight is 224 g/mol. The molecule has 0 aliphatic carbocycles. The van der Waals surface area contributed by atoms with E-state index in [0.29, 0.717) is 6.54 Å². The average Bonchev–Trinajstić information content (AvgIpc) is 2.31. The van der Waals surface area contributed by atoms with Crippen LogP contribution < -0.4 is 15.2 Å². The molecule has 16 heavy (non-hydrogen) atoms. The van der Waals surface area contributed by atoms with E-state index >= 15 is 0 Å². The Hall–Kier alpha value is -1.22.